The Morgan fingerprint density at radius 3 is 0.290 bits per heavy atom. The molecule has 0 aliphatic heterocycles. The maximum Gasteiger partial charge on any atom is 3.00 e. The minimum atomic E-state index is -2.33. The van der Waals surface area contributed by atoms with Crippen molar-refractivity contribution < 1.29 is 154 Å². The van der Waals surface area contributed by atoms with Crippen LogP contribution in [0.4, 0.5) is 24.0 Å². The summed E-state index contributed by atoms with van der Waals surface area (Å²) in [7, 11) is 0. The summed E-state index contributed by atoms with van der Waals surface area (Å²) in [5, 5.41) is 83.3. The van der Waals surface area contributed by atoms with Crippen LogP contribution in [0.15, 0.2) is 0 Å². The number of hydrogen-bond donors (Lipinski definition) is 0. The van der Waals surface area contributed by atoms with Crippen molar-refractivity contribution in [1.29, 1.82) is 0 Å². The second-order valence-electron chi connectivity index (χ2n) is 1.25. The third-order valence-corrected chi connectivity index (χ3v) is 0. The summed E-state index contributed by atoms with van der Waals surface area (Å²) in [4.78, 5) is 41.7. The van der Waals surface area contributed by atoms with Gasteiger partial charge < -0.3 is 102 Å². The quantitative estimate of drug-likeness (QED) is 0.225. The van der Waals surface area contributed by atoms with Gasteiger partial charge in [0.15, 0.2) is 0 Å². The molecule has 26 heteroatoms. The fourth-order valence-electron chi connectivity index (χ4n) is 0. The molecule has 20 nitrogen and oxygen atoms in total. The van der Waals surface area contributed by atoms with Gasteiger partial charge in [0, 0.05) is 0 Å². The molecule has 0 saturated carbocycles. The number of carbonyl (C=O) groups excluding carboxylic acids is 5. The molecule has 0 aliphatic carbocycles. The van der Waals surface area contributed by atoms with E-state index in [-0.39, 0.29) is 148 Å². The molecule has 0 saturated heterocycles. The Morgan fingerprint density at radius 1 is 0.290 bits per heavy atom. The summed E-state index contributed by atoms with van der Waals surface area (Å²) >= 11 is 0. The van der Waals surface area contributed by atoms with Crippen molar-refractivity contribution in [1.82, 2.24) is 0 Å². The summed E-state index contributed by atoms with van der Waals surface area (Å²) in [6.45, 7) is 0. The summed E-state index contributed by atoms with van der Waals surface area (Å²) in [5.41, 5.74) is 0. The Kier molecular flexibility index (Phi) is 448. The van der Waals surface area contributed by atoms with E-state index in [1.54, 1.807) is 0 Å². The predicted molar refractivity (Wildman–Crippen MR) is 53.9 cm³/mol. The Balaban J connectivity index is -0.00000000595. The molecule has 3 radical (unpaired) electrons. The summed E-state index contributed by atoms with van der Waals surface area (Å²) in [6, 6.07) is 0. The summed E-state index contributed by atoms with van der Waals surface area (Å²) in [5.74, 6) is 0. The number of rotatable bonds is 0. The van der Waals surface area contributed by atoms with Crippen LogP contribution in [0.3, 0.4) is 0 Å². The van der Waals surface area contributed by atoms with Crippen LogP contribution in [0.1, 0.15) is 0 Å². The van der Waals surface area contributed by atoms with E-state index in [9.17, 15) is 0 Å². The van der Waals surface area contributed by atoms with Crippen LogP contribution in [0.25, 0.3) is 0 Å². The molecule has 31 heavy (non-hydrogen) atoms. The molecule has 0 aromatic carbocycles. The first-order valence-electron chi connectivity index (χ1n) is 3.06. The number of carboxylic acid groups (broad SMARTS) is 10. The zero-order valence-electron chi connectivity index (χ0n) is 14.0. The maximum absolute atomic E-state index is 8.33. The Labute approximate surface area is 251 Å². The Hall–Kier alpha value is 0.00714. The number of hydrogen-bond acceptors (Lipinski definition) is 20. The van der Waals surface area contributed by atoms with E-state index in [4.69, 9.17) is 75.0 Å². The Bertz CT molecular complexity index is 231. The zero-order valence-corrected chi connectivity index (χ0v) is 21.6. The van der Waals surface area contributed by atoms with Crippen LogP contribution in [-0.2, 0) is 51.2 Å². The molecule has 0 heterocycles. The normalized spacial score (nSPS) is 3.87. The molecule has 0 aliphatic rings. The average Bonchev–Trinajstić information content (AvgIpc) is 1.94. The van der Waals surface area contributed by atoms with E-state index in [1.807, 2.05) is 0 Å². The third-order valence-electron chi connectivity index (χ3n) is 0. The molecule has 0 spiro atoms. The monoisotopic (exact) mass is 625 g/mol. The topological polar surface area (TPSA) is 466 Å². The van der Waals surface area contributed by atoms with Gasteiger partial charge in [-0.05, 0) is 30.8 Å². The van der Waals surface area contributed by atoms with E-state index in [0.717, 1.165) is 0 Å². The largest absolute Gasteiger partial charge is 3.00 e. The second-order valence-corrected chi connectivity index (χ2v) is 1.25. The molecular weight excluding hydrogens is 620 g/mol. The van der Waals surface area contributed by atoms with Crippen molar-refractivity contribution in [2.75, 3.05) is 0 Å². The zero-order chi connectivity index (χ0) is 17.9. The third kappa shape index (κ3) is 461000000. The van der Waals surface area contributed by atoms with Gasteiger partial charge in [-0.15, -0.1) is 0 Å². The minimum Gasteiger partial charge on any atom is -0.870 e. The molecule has 0 unspecified atom stereocenters. The van der Waals surface area contributed by atoms with Crippen molar-refractivity contribution in [3.05, 3.63) is 0 Å². The molecule has 175 valence electrons. The molecule has 0 atom stereocenters. The fourth-order valence-corrected chi connectivity index (χ4v) is 0. The van der Waals surface area contributed by atoms with Crippen molar-refractivity contribution in [3.8, 4) is 0 Å². The van der Waals surface area contributed by atoms with Gasteiger partial charge in [0.2, 0.25) is 0 Å². The van der Waals surface area contributed by atoms with Crippen molar-refractivity contribution in [2.45, 2.75) is 0 Å². The first-order valence-corrected chi connectivity index (χ1v) is 3.06. The molecule has 0 bridgehead atoms. The van der Waals surface area contributed by atoms with E-state index in [0.29, 0.717) is 0 Å². The van der Waals surface area contributed by atoms with Crippen LogP contribution in [0.5, 0.6) is 0 Å². The maximum atomic E-state index is 8.33. The summed E-state index contributed by atoms with van der Waals surface area (Å²) < 4.78 is 0. The van der Waals surface area contributed by atoms with Crippen molar-refractivity contribution in [3.63, 3.8) is 0 Å². The molecular formula is C5H5Fe3Mg3O20. The van der Waals surface area contributed by atoms with E-state index in [2.05, 4.69) is 0 Å². The minimum absolute atomic E-state index is 0. The Morgan fingerprint density at radius 2 is 0.290 bits per heavy atom. The van der Waals surface area contributed by atoms with Crippen molar-refractivity contribution in [2.24, 2.45) is 0 Å². The standard InChI is InChI=1S/5CH2O3.3Fe.3Mg.5H2O/c5*2-1(3)4;;;;;;;;;;;/h5*(H2,2,3,4);;;;;;;5*1H2/q;;;;;3*+3;3*+2;;;;;/p-15. The SMILES string of the molecule is O=C([O-])[O-].O=C([O-])[O-].O=C([O-])[O-].O=C([O-])[O-].O=C([O-])[O-].[Fe+3].[Fe+3].[Fe+3].[Mg+2].[Mg+2].[Mg+2].[OH-].[OH-].[OH-].[OH-].[OH-]. The van der Waals surface area contributed by atoms with Gasteiger partial charge in [-0.2, -0.15) is 0 Å². The number of carbonyl (C=O) groups is 5. The van der Waals surface area contributed by atoms with Gasteiger partial charge in [-0.1, -0.05) is 0 Å². The fraction of sp³-hybridized carbons (Fsp3) is 0. The van der Waals surface area contributed by atoms with E-state index >= 15 is 0 Å². The summed E-state index contributed by atoms with van der Waals surface area (Å²) in [6.07, 6.45) is -11.7. The van der Waals surface area contributed by atoms with Crippen LogP contribution < -0.4 is 51.1 Å². The van der Waals surface area contributed by atoms with Gasteiger partial charge in [-0.3, -0.25) is 0 Å². The molecule has 0 aromatic heterocycles. The first-order chi connectivity index (χ1) is 8.66. The van der Waals surface area contributed by atoms with Crippen LogP contribution in [0.2, 0.25) is 0 Å². The first kappa shape index (κ1) is 124. The van der Waals surface area contributed by atoms with Crippen LogP contribution >= 0.6 is 0 Å². The van der Waals surface area contributed by atoms with Crippen LogP contribution in [-0.4, -0.2) is 127 Å². The van der Waals surface area contributed by atoms with Gasteiger partial charge in [-0.25, -0.2) is 0 Å². The predicted octanol–water partition coefficient (Wildman–Crippen LogP) is -14.3. The van der Waals surface area contributed by atoms with Gasteiger partial charge in [0.1, 0.15) is 0 Å². The van der Waals surface area contributed by atoms with Gasteiger partial charge >= 0.3 is 120 Å². The van der Waals surface area contributed by atoms with Crippen molar-refractivity contribution >= 4 is 99.9 Å². The average molecular weight is 626 g/mol. The molecule has 0 rings (SSSR count). The smallest absolute Gasteiger partial charge is 0.870 e. The van der Waals surface area contributed by atoms with Gasteiger partial charge in [0.05, 0.1) is 0 Å². The second kappa shape index (κ2) is 112. The van der Waals surface area contributed by atoms with E-state index < -0.39 is 30.8 Å². The molecule has 0 aromatic rings. The van der Waals surface area contributed by atoms with Gasteiger partial charge in [0.25, 0.3) is 0 Å². The molecule has 0 fully saturated rings. The molecule has 5 N–H and O–H groups in total. The van der Waals surface area contributed by atoms with E-state index in [1.165, 1.54) is 0 Å². The molecule has 0 amide bonds. The van der Waals surface area contributed by atoms with Crippen LogP contribution in [0, 0.1) is 0 Å².